The van der Waals surface area contributed by atoms with Gasteiger partial charge in [-0.05, 0) is 57.8 Å². The molecule has 102 valence electrons. The van der Waals surface area contributed by atoms with Gasteiger partial charge in [0.05, 0.1) is 0 Å². The first-order valence-electron chi connectivity index (χ1n) is 8.05. The number of hydrogen-bond donors (Lipinski definition) is 0. The molecule has 0 aliphatic heterocycles. The van der Waals surface area contributed by atoms with Gasteiger partial charge in [-0.25, -0.2) is 0 Å². The minimum Gasteiger partial charge on any atom is -0.0856 e. The van der Waals surface area contributed by atoms with Crippen molar-refractivity contribution in [3.05, 3.63) is 23.3 Å². The van der Waals surface area contributed by atoms with Gasteiger partial charge in [0.25, 0.3) is 0 Å². The normalized spacial score (nSPS) is 27.1. The molecule has 0 aromatic rings. The smallest absolute Gasteiger partial charge is 0.0291 e. The maximum absolute atomic E-state index is 2.56. The summed E-state index contributed by atoms with van der Waals surface area (Å²) in [6, 6.07) is 0. The Morgan fingerprint density at radius 3 is 2.67 bits per heavy atom. The molecule has 0 spiro atoms. The summed E-state index contributed by atoms with van der Waals surface area (Å²) in [7, 11) is 0. The van der Waals surface area contributed by atoms with Crippen LogP contribution in [0.2, 0.25) is 0 Å². The van der Waals surface area contributed by atoms with Gasteiger partial charge in [-0.1, -0.05) is 55.4 Å². The van der Waals surface area contributed by atoms with Crippen molar-refractivity contribution in [2.45, 2.75) is 78.1 Å². The lowest BCUT2D eigenvalue weighted by molar-refractivity contribution is 0.360. The number of hydrogen-bond acceptors (Lipinski definition) is 0. The third-order valence-corrected chi connectivity index (χ3v) is 4.81. The molecule has 0 heterocycles. The van der Waals surface area contributed by atoms with Crippen molar-refractivity contribution in [3.8, 4) is 0 Å². The van der Waals surface area contributed by atoms with Gasteiger partial charge < -0.3 is 0 Å². The summed E-state index contributed by atoms with van der Waals surface area (Å²) in [5, 5.41) is 0. The fourth-order valence-corrected chi connectivity index (χ4v) is 3.71. The van der Waals surface area contributed by atoms with Gasteiger partial charge in [-0.2, -0.15) is 0 Å². The maximum atomic E-state index is 2.56. The molecule has 1 unspecified atom stereocenters. The van der Waals surface area contributed by atoms with E-state index in [0.29, 0.717) is 0 Å². The zero-order valence-electron chi connectivity index (χ0n) is 12.4. The van der Waals surface area contributed by atoms with E-state index in [4.69, 9.17) is 0 Å². The lowest BCUT2D eigenvalue weighted by Crippen LogP contribution is -2.07. The summed E-state index contributed by atoms with van der Waals surface area (Å²) in [5.41, 5.74) is 3.27. The van der Waals surface area contributed by atoms with Crippen LogP contribution in [-0.2, 0) is 0 Å². The zero-order chi connectivity index (χ0) is 12.8. The topological polar surface area (TPSA) is 0 Å². The van der Waals surface area contributed by atoms with E-state index < -0.39 is 0 Å². The van der Waals surface area contributed by atoms with Crippen LogP contribution in [0.5, 0.6) is 0 Å². The predicted octanol–water partition coefficient (Wildman–Crippen LogP) is 6.04. The van der Waals surface area contributed by atoms with Crippen molar-refractivity contribution < 1.29 is 0 Å². The van der Waals surface area contributed by atoms with Crippen LogP contribution in [0.3, 0.4) is 0 Å². The largest absolute Gasteiger partial charge is 0.0856 e. The lowest BCUT2D eigenvalue weighted by Gasteiger charge is -2.22. The highest BCUT2D eigenvalue weighted by Crippen LogP contribution is 2.30. The van der Waals surface area contributed by atoms with E-state index in [0.717, 1.165) is 11.8 Å². The summed E-state index contributed by atoms with van der Waals surface area (Å²) < 4.78 is 0. The van der Waals surface area contributed by atoms with Gasteiger partial charge in [0, 0.05) is 0 Å². The average Bonchev–Trinajstić information content (AvgIpc) is 2.38. The second-order valence-electron chi connectivity index (χ2n) is 6.69. The van der Waals surface area contributed by atoms with E-state index in [1.807, 2.05) is 0 Å². The zero-order valence-corrected chi connectivity index (χ0v) is 12.4. The fourth-order valence-electron chi connectivity index (χ4n) is 3.71. The van der Waals surface area contributed by atoms with Crippen LogP contribution in [0.4, 0.5) is 0 Å². The molecule has 2 aliphatic rings. The first-order valence-corrected chi connectivity index (χ1v) is 8.05. The van der Waals surface area contributed by atoms with Crippen LogP contribution >= 0.6 is 0 Å². The molecule has 2 aliphatic carbocycles. The van der Waals surface area contributed by atoms with Crippen molar-refractivity contribution >= 4 is 0 Å². The van der Waals surface area contributed by atoms with Gasteiger partial charge in [0.2, 0.25) is 0 Å². The second kappa shape index (κ2) is 7.16. The molecule has 0 saturated heterocycles. The molecule has 0 bridgehead atoms. The van der Waals surface area contributed by atoms with Gasteiger partial charge >= 0.3 is 0 Å². The molecule has 0 N–H and O–H groups in total. The molecule has 1 fully saturated rings. The van der Waals surface area contributed by atoms with Crippen molar-refractivity contribution in [1.29, 1.82) is 0 Å². The average molecular weight is 246 g/mol. The molecule has 0 aromatic carbocycles. The Hall–Kier alpha value is -0.520. The molecule has 1 atom stereocenters. The maximum Gasteiger partial charge on any atom is -0.0291 e. The standard InChI is InChI=1S/C18H30/c1-15-7-6-10-18(13-15)14-16(2)11-12-17-8-4-3-5-9-17/h7,11,17-18H,3-6,8-10,12-14H2,1-2H3. The second-order valence-corrected chi connectivity index (χ2v) is 6.69. The monoisotopic (exact) mass is 246 g/mol. The Balaban J connectivity index is 1.73. The molecule has 18 heavy (non-hydrogen) atoms. The molecule has 2 rings (SSSR count). The van der Waals surface area contributed by atoms with Crippen molar-refractivity contribution in [3.63, 3.8) is 0 Å². The van der Waals surface area contributed by atoms with Crippen LogP contribution in [0.25, 0.3) is 0 Å². The molecule has 0 aromatic heterocycles. The van der Waals surface area contributed by atoms with Gasteiger partial charge in [0.15, 0.2) is 0 Å². The van der Waals surface area contributed by atoms with E-state index in [-0.39, 0.29) is 0 Å². The summed E-state index contributed by atoms with van der Waals surface area (Å²) >= 11 is 0. The highest BCUT2D eigenvalue weighted by molar-refractivity contribution is 5.07. The van der Waals surface area contributed by atoms with Crippen LogP contribution in [-0.4, -0.2) is 0 Å². The predicted molar refractivity (Wildman–Crippen MR) is 80.7 cm³/mol. The third-order valence-electron chi connectivity index (χ3n) is 4.81. The molecule has 0 nitrogen and oxygen atoms in total. The molecule has 0 radical (unpaired) electrons. The Morgan fingerprint density at radius 2 is 1.94 bits per heavy atom. The summed E-state index contributed by atoms with van der Waals surface area (Å²) in [6.45, 7) is 4.66. The van der Waals surface area contributed by atoms with Gasteiger partial charge in [-0.3, -0.25) is 0 Å². The van der Waals surface area contributed by atoms with E-state index in [2.05, 4.69) is 26.0 Å². The third kappa shape index (κ3) is 4.63. The van der Waals surface area contributed by atoms with Crippen LogP contribution < -0.4 is 0 Å². The minimum absolute atomic E-state index is 0.928. The van der Waals surface area contributed by atoms with E-state index in [9.17, 15) is 0 Å². The molecule has 1 saturated carbocycles. The minimum atomic E-state index is 0.928. The molecular weight excluding hydrogens is 216 g/mol. The summed E-state index contributed by atoms with van der Waals surface area (Å²) in [5.74, 6) is 1.93. The van der Waals surface area contributed by atoms with E-state index in [1.54, 1.807) is 11.1 Å². The molecular formula is C18H30. The van der Waals surface area contributed by atoms with E-state index >= 15 is 0 Å². The quantitative estimate of drug-likeness (QED) is 0.530. The van der Waals surface area contributed by atoms with Gasteiger partial charge in [0.1, 0.15) is 0 Å². The van der Waals surface area contributed by atoms with Crippen LogP contribution in [0, 0.1) is 11.8 Å². The summed E-state index contributed by atoms with van der Waals surface area (Å²) in [4.78, 5) is 0. The van der Waals surface area contributed by atoms with Crippen LogP contribution in [0.15, 0.2) is 23.3 Å². The van der Waals surface area contributed by atoms with Gasteiger partial charge in [-0.15, -0.1) is 0 Å². The van der Waals surface area contributed by atoms with Crippen molar-refractivity contribution in [2.75, 3.05) is 0 Å². The Kier molecular flexibility index (Phi) is 5.53. The first-order chi connectivity index (χ1) is 8.74. The Bertz CT molecular complexity index is 302. The number of allylic oxidation sites excluding steroid dienone is 4. The molecule has 0 heteroatoms. The highest BCUT2D eigenvalue weighted by atomic mass is 14.2. The lowest BCUT2D eigenvalue weighted by atomic mass is 9.83. The molecule has 0 amide bonds. The van der Waals surface area contributed by atoms with Crippen molar-refractivity contribution in [1.82, 2.24) is 0 Å². The summed E-state index contributed by atoms with van der Waals surface area (Å²) in [6.07, 6.45) is 19.1. The van der Waals surface area contributed by atoms with Crippen LogP contribution in [0.1, 0.15) is 78.1 Å². The fraction of sp³-hybridized carbons (Fsp3) is 0.778. The van der Waals surface area contributed by atoms with E-state index in [1.165, 1.54) is 64.2 Å². The SMILES string of the molecule is CC1=CCCC(CC(C)=CCC2CCCCC2)C1. The number of rotatable bonds is 4. The highest BCUT2D eigenvalue weighted by Gasteiger charge is 2.15. The Labute approximate surface area is 114 Å². The first kappa shape index (κ1) is 13.9. The Morgan fingerprint density at radius 1 is 1.17 bits per heavy atom. The van der Waals surface area contributed by atoms with Crippen molar-refractivity contribution in [2.24, 2.45) is 11.8 Å².